The van der Waals surface area contributed by atoms with Crippen molar-refractivity contribution in [2.75, 3.05) is 18.4 Å². The molecule has 0 bridgehead atoms. The van der Waals surface area contributed by atoms with E-state index in [0.717, 1.165) is 24.2 Å². The molecular weight excluding hydrogens is 264 g/mol. The number of ketones is 1. The van der Waals surface area contributed by atoms with Gasteiger partial charge in [-0.2, -0.15) is 0 Å². The van der Waals surface area contributed by atoms with Crippen molar-refractivity contribution < 1.29 is 9.59 Å². The third-order valence-corrected chi connectivity index (χ3v) is 5.36. The Morgan fingerprint density at radius 1 is 1.38 bits per heavy atom. The zero-order valence-electron chi connectivity index (χ0n) is 11.8. The lowest BCUT2D eigenvalue weighted by Crippen LogP contribution is -2.50. The summed E-state index contributed by atoms with van der Waals surface area (Å²) in [6.07, 6.45) is 3.07. The van der Waals surface area contributed by atoms with Crippen LogP contribution in [-0.2, 0) is 15.0 Å². The molecule has 2 fully saturated rings. The highest BCUT2D eigenvalue weighted by Crippen LogP contribution is 2.56. The number of carbonyl (C=O) groups is 2. The number of hydrogen-bond donors (Lipinski definition) is 1. The van der Waals surface area contributed by atoms with Gasteiger partial charge in [0.05, 0.1) is 12.0 Å². The fourth-order valence-corrected chi connectivity index (χ4v) is 4.65. The number of rotatable bonds is 2. The molecule has 2 heterocycles. The van der Waals surface area contributed by atoms with Gasteiger partial charge in [-0.1, -0.05) is 24.3 Å². The van der Waals surface area contributed by atoms with Gasteiger partial charge in [0.15, 0.2) is 5.78 Å². The summed E-state index contributed by atoms with van der Waals surface area (Å²) in [4.78, 5) is 27.3. The first-order valence-corrected chi connectivity index (χ1v) is 7.46. The molecule has 0 radical (unpaired) electrons. The maximum atomic E-state index is 12.6. The number of nitrogens with one attached hydrogen (secondary N) is 1. The summed E-state index contributed by atoms with van der Waals surface area (Å²) in [6.45, 7) is 5.34. The van der Waals surface area contributed by atoms with Crippen LogP contribution in [-0.4, -0.2) is 35.7 Å². The van der Waals surface area contributed by atoms with E-state index < -0.39 is 0 Å². The van der Waals surface area contributed by atoms with E-state index in [0.29, 0.717) is 13.0 Å². The average Bonchev–Trinajstić information content (AvgIpc) is 2.98. The zero-order chi connectivity index (χ0) is 14.6. The Balaban J connectivity index is 1.91. The van der Waals surface area contributed by atoms with Gasteiger partial charge in [0.2, 0.25) is 5.91 Å². The van der Waals surface area contributed by atoms with Crippen LogP contribution in [0, 0.1) is 5.92 Å². The van der Waals surface area contributed by atoms with Crippen LogP contribution in [0.1, 0.15) is 18.4 Å². The molecule has 1 aliphatic carbocycles. The van der Waals surface area contributed by atoms with Gasteiger partial charge in [0, 0.05) is 30.6 Å². The predicted octanol–water partition coefficient (Wildman–Crippen LogP) is 1.73. The van der Waals surface area contributed by atoms with Crippen LogP contribution in [0.25, 0.3) is 0 Å². The van der Waals surface area contributed by atoms with Gasteiger partial charge in [0.1, 0.15) is 0 Å². The second-order valence-electron chi connectivity index (χ2n) is 6.23. The molecule has 4 nitrogen and oxygen atoms in total. The number of anilines is 1. The molecule has 1 saturated carbocycles. The van der Waals surface area contributed by atoms with E-state index in [9.17, 15) is 9.59 Å². The Bertz CT molecular complexity index is 654. The summed E-state index contributed by atoms with van der Waals surface area (Å²) < 4.78 is 0. The van der Waals surface area contributed by atoms with E-state index in [4.69, 9.17) is 0 Å². The summed E-state index contributed by atoms with van der Waals surface area (Å²) in [5, 5.41) is 2.98. The van der Waals surface area contributed by atoms with E-state index in [-0.39, 0.29) is 29.1 Å². The molecule has 21 heavy (non-hydrogen) atoms. The fraction of sp³-hybridized carbons (Fsp3) is 0.412. The summed E-state index contributed by atoms with van der Waals surface area (Å²) >= 11 is 0. The number of carbonyl (C=O) groups excluding carboxylic acids is 2. The molecule has 1 amide bonds. The number of nitrogens with zero attached hydrogens (tertiary/aromatic N) is 1. The standard InChI is InChI=1S/C17H18N2O2/c1-2-8-19-9-7-17-11-5-3-4-6-13(11)18-16(21)12(17)10-14(20)15(17)19/h2-6,12,15H,1,7-10H2,(H,18,21)/t12-,15+,17+/m1/s1. The Hall–Kier alpha value is -1.94. The first-order valence-electron chi connectivity index (χ1n) is 7.46. The smallest absolute Gasteiger partial charge is 0.228 e. The predicted molar refractivity (Wildman–Crippen MR) is 80.0 cm³/mol. The van der Waals surface area contributed by atoms with Gasteiger partial charge >= 0.3 is 0 Å². The van der Waals surface area contributed by atoms with Crippen LogP contribution in [0.5, 0.6) is 0 Å². The van der Waals surface area contributed by atoms with Crippen molar-refractivity contribution in [3.05, 3.63) is 42.5 Å². The minimum atomic E-state index is -0.334. The van der Waals surface area contributed by atoms with E-state index in [1.54, 1.807) is 0 Å². The Morgan fingerprint density at radius 3 is 3.00 bits per heavy atom. The monoisotopic (exact) mass is 282 g/mol. The van der Waals surface area contributed by atoms with Gasteiger partial charge in [-0.05, 0) is 18.1 Å². The number of amides is 1. The number of para-hydroxylation sites is 1. The van der Waals surface area contributed by atoms with Crippen LogP contribution in [0.15, 0.2) is 36.9 Å². The highest BCUT2D eigenvalue weighted by molar-refractivity contribution is 6.05. The Morgan fingerprint density at radius 2 is 2.19 bits per heavy atom. The molecule has 4 heteroatoms. The molecule has 3 atom stereocenters. The topological polar surface area (TPSA) is 49.4 Å². The minimum Gasteiger partial charge on any atom is -0.326 e. The molecule has 1 saturated heterocycles. The van der Waals surface area contributed by atoms with Gasteiger partial charge < -0.3 is 5.32 Å². The second-order valence-corrected chi connectivity index (χ2v) is 6.23. The van der Waals surface area contributed by atoms with E-state index in [1.807, 2.05) is 24.3 Å². The Kier molecular flexibility index (Phi) is 2.60. The van der Waals surface area contributed by atoms with Crippen molar-refractivity contribution in [1.82, 2.24) is 4.90 Å². The highest BCUT2D eigenvalue weighted by Gasteiger charge is 2.64. The summed E-state index contributed by atoms with van der Waals surface area (Å²) in [6, 6.07) is 7.77. The molecular formula is C17H18N2O2. The quantitative estimate of drug-likeness (QED) is 0.840. The summed E-state index contributed by atoms with van der Waals surface area (Å²) in [7, 11) is 0. The van der Waals surface area contributed by atoms with Crippen molar-refractivity contribution in [2.45, 2.75) is 24.3 Å². The molecule has 3 aliphatic rings. The molecule has 1 spiro atoms. The van der Waals surface area contributed by atoms with Gasteiger partial charge in [0.25, 0.3) is 0 Å². The molecule has 4 rings (SSSR count). The van der Waals surface area contributed by atoms with Crippen LogP contribution in [0.3, 0.4) is 0 Å². The van der Waals surface area contributed by atoms with Crippen LogP contribution < -0.4 is 5.32 Å². The second kappa shape index (κ2) is 4.28. The molecule has 1 aromatic rings. The molecule has 2 aliphatic heterocycles. The summed E-state index contributed by atoms with van der Waals surface area (Å²) in [5.74, 6) is -0.0177. The molecule has 108 valence electrons. The molecule has 1 N–H and O–H groups in total. The lowest BCUT2D eigenvalue weighted by molar-refractivity contribution is -0.124. The maximum Gasteiger partial charge on any atom is 0.228 e. The van der Waals surface area contributed by atoms with Crippen molar-refractivity contribution in [2.24, 2.45) is 5.92 Å². The number of hydrogen-bond acceptors (Lipinski definition) is 3. The van der Waals surface area contributed by atoms with Crippen molar-refractivity contribution >= 4 is 17.4 Å². The van der Waals surface area contributed by atoms with Crippen LogP contribution in [0.2, 0.25) is 0 Å². The zero-order valence-corrected chi connectivity index (χ0v) is 11.8. The lowest BCUT2D eigenvalue weighted by atomic mass is 9.67. The first kappa shape index (κ1) is 12.8. The fourth-order valence-electron chi connectivity index (χ4n) is 4.65. The number of fused-ring (bicyclic) bond motifs is 1. The van der Waals surface area contributed by atoms with Gasteiger partial charge in [-0.15, -0.1) is 6.58 Å². The lowest BCUT2D eigenvalue weighted by Gasteiger charge is -2.40. The van der Waals surface area contributed by atoms with Crippen molar-refractivity contribution in [1.29, 1.82) is 0 Å². The van der Waals surface area contributed by atoms with Gasteiger partial charge in [-0.3, -0.25) is 14.5 Å². The van der Waals surface area contributed by atoms with Crippen LogP contribution in [0.4, 0.5) is 5.69 Å². The van der Waals surface area contributed by atoms with Crippen molar-refractivity contribution in [3.63, 3.8) is 0 Å². The van der Waals surface area contributed by atoms with E-state index in [2.05, 4.69) is 22.9 Å². The SMILES string of the molecule is C=CCN1CC[C@]23c4ccccc4NC(=O)[C@H]2CC(=O)[C@H]13. The van der Waals surface area contributed by atoms with E-state index in [1.165, 1.54) is 0 Å². The average molecular weight is 282 g/mol. The number of likely N-dealkylation sites (tertiary alicyclic amines) is 1. The summed E-state index contributed by atoms with van der Waals surface area (Å²) in [5.41, 5.74) is 1.68. The van der Waals surface area contributed by atoms with E-state index >= 15 is 0 Å². The normalized spacial score (nSPS) is 34.1. The largest absolute Gasteiger partial charge is 0.326 e. The first-order chi connectivity index (χ1) is 10.2. The van der Waals surface area contributed by atoms with Crippen LogP contribution >= 0.6 is 0 Å². The molecule has 1 aromatic carbocycles. The number of Topliss-reactive ketones (excluding diaryl/α,β-unsaturated/α-hetero) is 1. The highest BCUT2D eigenvalue weighted by atomic mass is 16.2. The third kappa shape index (κ3) is 1.48. The maximum absolute atomic E-state index is 12.6. The molecule has 0 unspecified atom stereocenters. The molecule has 0 aromatic heterocycles. The van der Waals surface area contributed by atoms with Gasteiger partial charge in [-0.25, -0.2) is 0 Å². The number of benzene rings is 1. The Labute approximate surface area is 123 Å². The third-order valence-electron chi connectivity index (χ3n) is 5.36. The minimum absolute atomic E-state index is 0.00463. The van der Waals surface area contributed by atoms with Crippen molar-refractivity contribution in [3.8, 4) is 0 Å².